The lowest BCUT2D eigenvalue weighted by Crippen LogP contribution is -2.09. The highest BCUT2D eigenvalue weighted by Gasteiger charge is 2.05. The summed E-state index contributed by atoms with van der Waals surface area (Å²) in [6, 6.07) is 13.6. The average Bonchev–Trinajstić information content (AvgIpc) is 2.55. The molecule has 0 fully saturated rings. The molecule has 0 radical (unpaired) electrons. The van der Waals surface area contributed by atoms with E-state index < -0.39 is 11.7 Å². The Labute approximate surface area is 137 Å². The molecule has 1 N–H and O–H groups in total. The van der Waals surface area contributed by atoms with E-state index in [1.165, 1.54) is 18.2 Å². The van der Waals surface area contributed by atoms with E-state index in [9.17, 15) is 9.18 Å². The standard InChI is InChI=1S/C18H12ClFN2O/c19-14-7-8-16(15(20)11-14)22-17(23)9-6-13-4-1-3-12-5-2-10-21-18(12)13/h1-11H,(H,22,23)/b9-6+. The highest BCUT2D eigenvalue weighted by molar-refractivity contribution is 6.30. The van der Waals surface area contributed by atoms with Gasteiger partial charge in [0.05, 0.1) is 11.2 Å². The molecule has 3 nitrogen and oxygen atoms in total. The molecule has 0 unspecified atom stereocenters. The third-order valence-corrected chi connectivity index (χ3v) is 3.50. The fraction of sp³-hybridized carbons (Fsp3) is 0. The summed E-state index contributed by atoms with van der Waals surface area (Å²) in [4.78, 5) is 16.3. The molecule has 1 aromatic heterocycles. The lowest BCUT2D eigenvalue weighted by molar-refractivity contribution is -0.111. The van der Waals surface area contributed by atoms with E-state index in [2.05, 4.69) is 10.3 Å². The fourth-order valence-electron chi connectivity index (χ4n) is 2.19. The second-order valence-electron chi connectivity index (χ2n) is 4.87. The molecule has 1 amide bonds. The van der Waals surface area contributed by atoms with Crippen molar-refractivity contribution in [2.75, 3.05) is 5.32 Å². The molecule has 0 aliphatic carbocycles. The lowest BCUT2D eigenvalue weighted by atomic mass is 10.1. The number of amides is 1. The van der Waals surface area contributed by atoms with Crippen LogP contribution in [0.25, 0.3) is 17.0 Å². The number of benzene rings is 2. The van der Waals surface area contributed by atoms with Crippen molar-refractivity contribution in [2.24, 2.45) is 0 Å². The molecule has 2 aromatic carbocycles. The van der Waals surface area contributed by atoms with E-state index in [1.807, 2.05) is 30.3 Å². The summed E-state index contributed by atoms with van der Waals surface area (Å²) in [7, 11) is 0. The molecule has 23 heavy (non-hydrogen) atoms. The van der Waals surface area contributed by atoms with Crippen molar-refractivity contribution in [3.8, 4) is 0 Å². The summed E-state index contributed by atoms with van der Waals surface area (Å²) in [5, 5.41) is 3.74. The van der Waals surface area contributed by atoms with Crippen LogP contribution >= 0.6 is 11.6 Å². The number of fused-ring (bicyclic) bond motifs is 1. The van der Waals surface area contributed by atoms with Gasteiger partial charge in [0.15, 0.2) is 0 Å². The molecule has 5 heteroatoms. The molecule has 3 aromatic rings. The van der Waals surface area contributed by atoms with Crippen molar-refractivity contribution in [1.82, 2.24) is 4.98 Å². The Kier molecular flexibility index (Phi) is 4.35. The number of hydrogen-bond acceptors (Lipinski definition) is 2. The quantitative estimate of drug-likeness (QED) is 0.710. The minimum Gasteiger partial charge on any atom is -0.320 e. The lowest BCUT2D eigenvalue weighted by Gasteiger charge is -2.04. The van der Waals surface area contributed by atoms with Gasteiger partial charge in [-0.05, 0) is 30.3 Å². The number of carbonyl (C=O) groups is 1. The zero-order valence-corrected chi connectivity index (χ0v) is 12.7. The van der Waals surface area contributed by atoms with Crippen LogP contribution in [0.5, 0.6) is 0 Å². The number of aromatic nitrogens is 1. The van der Waals surface area contributed by atoms with Gasteiger partial charge >= 0.3 is 0 Å². The molecule has 0 saturated carbocycles. The van der Waals surface area contributed by atoms with Crippen molar-refractivity contribution < 1.29 is 9.18 Å². The molecular formula is C18H12ClFN2O. The number of nitrogens with zero attached hydrogens (tertiary/aromatic N) is 1. The zero-order chi connectivity index (χ0) is 16.2. The Bertz CT molecular complexity index is 903. The van der Waals surface area contributed by atoms with E-state index in [0.29, 0.717) is 0 Å². The summed E-state index contributed by atoms with van der Waals surface area (Å²) in [5.41, 5.74) is 1.70. The topological polar surface area (TPSA) is 42.0 Å². The third-order valence-electron chi connectivity index (χ3n) is 3.27. The Hall–Kier alpha value is -2.72. The molecule has 0 spiro atoms. The van der Waals surface area contributed by atoms with Crippen molar-refractivity contribution in [1.29, 1.82) is 0 Å². The van der Waals surface area contributed by atoms with Crippen molar-refractivity contribution >= 4 is 40.2 Å². The molecule has 3 rings (SSSR count). The van der Waals surface area contributed by atoms with Gasteiger partial charge in [-0.25, -0.2) is 4.39 Å². The molecule has 0 aliphatic heterocycles. The average molecular weight is 327 g/mol. The van der Waals surface area contributed by atoms with E-state index in [1.54, 1.807) is 12.3 Å². The first-order valence-electron chi connectivity index (χ1n) is 6.91. The van der Waals surface area contributed by atoms with Crippen LogP contribution in [0.1, 0.15) is 5.56 Å². The zero-order valence-electron chi connectivity index (χ0n) is 12.0. The number of hydrogen-bond donors (Lipinski definition) is 1. The van der Waals surface area contributed by atoms with Crippen LogP contribution in [0, 0.1) is 5.82 Å². The van der Waals surface area contributed by atoms with E-state index >= 15 is 0 Å². The van der Waals surface area contributed by atoms with Crippen LogP contribution < -0.4 is 5.32 Å². The third kappa shape index (κ3) is 3.55. The van der Waals surface area contributed by atoms with Crippen LogP contribution in [0.4, 0.5) is 10.1 Å². The Morgan fingerprint density at radius 2 is 2.00 bits per heavy atom. The first-order valence-corrected chi connectivity index (χ1v) is 7.29. The van der Waals surface area contributed by atoms with E-state index in [4.69, 9.17) is 11.6 Å². The van der Waals surface area contributed by atoms with Gasteiger partial charge in [-0.1, -0.05) is 35.9 Å². The maximum Gasteiger partial charge on any atom is 0.248 e. The summed E-state index contributed by atoms with van der Waals surface area (Å²) in [5.74, 6) is -1.01. The molecule has 0 saturated heterocycles. The molecular weight excluding hydrogens is 315 g/mol. The predicted molar refractivity (Wildman–Crippen MR) is 90.8 cm³/mol. The number of halogens is 2. The summed E-state index contributed by atoms with van der Waals surface area (Å²) >= 11 is 5.68. The molecule has 114 valence electrons. The van der Waals surface area contributed by atoms with Crippen LogP contribution in [0.2, 0.25) is 5.02 Å². The van der Waals surface area contributed by atoms with Crippen molar-refractivity contribution in [3.63, 3.8) is 0 Å². The van der Waals surface area contributed by atoms with Gasteiger partial charge in [-0.3, -0.25) is 9.78 Å². The van der Waals surface area contributed by atoms with E-state index in [-0.39, 0.29) is 10.7 Å². The molecule has 0 atom stereocenters. The minimum absolute atomic E-state index is 0.0834. The van der Waals surface area contributed by atoms with Gasteiger partial charge in [0.25, 0.3) is 0 Å². The second-order valence-corrected chi connectivity index (χ2v) is 5.31. The first kappa shape index (κ1) is 15.2. The van der Waals surface area contributed by atoms with Gasteiger partial charge in [0, 0.05) is 28.2 Å². The second kappa shape index (κ2) is 6.58. The van der Waals surface area contributed by atoms with Gasteiger partial charge in [0.1, 0.15) is 5.82 Å². The molecule has 1 heterocycles. The van der Waals surface area contributed by atoms with E-state index in [0.717, 1.165) is 22.5 Å². The summed E-state index contributed by atoms with van der Waals surface area (Å²) in [6.07, 6.45) is 4.69. The van der Waals surface area contributed by atoms with Crippen LogP contribution in [0.3, 0.4) is 0 Å². The first-order chi connectivity index (χ1) is 11.1. The molecule has 0 aliphatic rings. The van der Waals surface area contributed by atoms with Gasteiger partial charge in [-0.15, -0.1) is 0 Å². The Morgan fingerprint density at radius 3 is 2.83 bits per heavy atom. The summed E-state index contributed by atoms with van der Waals surface area (Å²) in [6.45, 7) is 0. The van der Waals surface area contributed by atoms with Crippen LogP contribution in [-0.2, 0) is 4.79 Å². The maximum atomic E-state index is 13.6. The number of para-hydroxylation sites is 1. The number of rotatable bonds is 3. The normalized spacial score (nSPS) is 11.0. The molecule has 0 bridgehead atoms. The number of nitrogens with one attached hydrogen (secondary N) is 1. The fourth-order valence-corrected chi connectivity index (χ4v) is 2.35. The highest BCUT2D eigenvalue weighted by atomic mass is 35.5. The number of carbonyl (C=O) groups excluding carboxylic acids is 1. The summed E-state index contributed by atoms with van der Waals surface area (Å²) < 4.78 is 13.6. The van der Waals surface area contributed by atoms with Crippen molar-refractivity contribution in [2.45, 2.75) is 0 Å². The Balaban J connectivity index is 1.80. The number of pyridine rings is 1. The predicted octanol–water partition coefficient (Wildman–Crippen LogP) is 4.68. The minimum atomic E-state index is -0.578. The Morgan fingerprint density at radius 1 is 1.17 bits per heavy atom. The van der Waals surface area contributed by atoms with Crippen molar-refractivity contribution in [3.05, 3.63) is 77.2 Å². The van der Waals surface area contributed by atoms with Gasteiger partial charge in [0.2, 0.25) is 5.91 Å². The van der Waals surface area contributed by atoms with Crippen LogP contribution in [0.15, 0.2) is 60.8 Å². The SMILES string of the molecule is O=C(/C=C/c1cccc2cccnc12)Nc1ccc(Cl)cc1F. The monoisotopic (exact) mass is 326 g/mol. The van der Waals surface area contributed by atoms with Crippen LogP contribution in [-0.4, -0.2) is 10.9 Å². The smallest absolute Gasteiger partial charge is 0.248 e. The van der Waals surface area contributed by atoms with Gasteiger partial charge < -0.3 is 5.32 Å². The highest BCUT2D eigenvalue weighted by Crippen LogP contribution is 2.20. The largest absolute Gasteiger partial charge is 0.320 e. The maximum absolute atomic E-state index is 13.6. The van der Waals surface area contributed by atoms with Gasteiger partial charge in [-0.2, -0.15) is 0 Å². The number of anilines is 1.